The molecule has 0 heterocycles. The highest BCUT2D eigenvalue weighted by molar-refractivity contribution is 5.95. The SMILES string of the molecule is CC(=C/c1ccccc1)/C=N/NC(=O)c1ccccc1. The van der Waals surface area contributed by atoms with Crippen LogP contribution in [0.4, 0.5) is 0 Å². The van der Waals surface area contributed by atoms with E-state index in [4.69, 9.17) is 0 Å². The van der Waals surface area contributed by atoms with E-state index in [1.54, 1.807) is 18.3 Å². The van der Waals surface area contributed by atoms with Crippen molar-refractivity contribution in [3.05, 3.63) is 77.4 Å². The molecule has 1 N–H and O–H groups in total. The third-order valence-electron chi connectivity index (χ3n) is 2.66. The Morgan fingerprint density at radius 1 is 1.00 bits per heavy atom. The second-order valence-electron chi connectivity index (χ2n) is 4.36. The molecule has 0 radical (unpaired) electrons. The molecule has 0 aliphatic rings. The van der Waals surface area contributed by atoms with Crippen LogP contribution in [0.2, 0.25) is 0 Å². The minimum Gasteiger partial charge on any atom is -0.267 e. The predicted octanol–water partition coefficient (Wildman–Crippen LogP) is 3.51. The number of carbonyl (C=O) groups excluding carboxylic acids is 1. The van der Waals surface area contributed by atoms with Crippen molar-refractivity contribution in [3.63, 3.8) is 0 Å². The first-order valence-electron chi connectivity index (χ1n) is 6.37. The van der Waals surface area contributed by atoms with Crippen LogP contribution < -0.4 is 5.43 Å². The maximum atomic E-state index is 11.7. The van der Waals surface area contributed by atoms with Gasteiger partial charge in [0, 0.05) is 5.56 Å². The number of benzene rings is 2. The molecule has 20 heavy (non-hydrogen) atoms. The zero-order valence-corrected chi connectivity index (χ0v) is 11.3. The summed E-state index contributed by atoms with van der Waals surface area (Å²) >= 11 is 0. The van der Waals surface area contributed by atoms with Crippen LogP contribution in [0.5, 0.6) is 0 Å². The fourth-order valence-electron chi connectivity index (χ4n) is 1.70. The van der Waals surface area contributed by atoms with Gasteiger partial charge in [0.1, 0.15) is 0 Å². The maximum Gasteiger partial charge on any atom is 0.271 e. The molecule has 0 atom stereocenters. The molecule has 0 bridgehead atoms. The third kappa shape index (κ3) is 4.21. The van der Waals surface area contributed by atoms with E-state index in [0.717, 1.165) is 11.1 Å². The highest BCUT2D eigenvalue weighted by Gasteiger charge is 2.01. The number of allylic oxidation sites excluding steroid dienone is 1. The Labute approximate surface area is 118 Å². The molecule has 100 valence electrons. The molecule has 3 heteroatoms. The second kappa shape index (κ2) is 7.04. The number of nitrogens with one attached hydrogen (secondary N) is 1. The third-order valence-corrected chi connectivity index (χ3v) is 2.66. The molecular weight excluding hydrogens is 248 g/mol. The smallest absolute Gasteiger partial charge is 0.267 e. The number of hydrazone groups is 1. The largest absolute Gasteiger partial charge is 0.271 e. The van der Waals surface area contributed by atoms with Gasteiger partial charge in [-0.1, -0.05) is 54.6 Å². The minimum absolute atomic E-state index is 0.214. The van der Waals surface area contributed by atoms with Crippen LogP contribution in [0, 0.1) is 0 Å². The van der Waals surface area contributed by atoms with Crippen LogP contribution >= 0.6 is 0 Å². The molecule has 0 spiro atoms. The summed E-state index contributed by atoms with van der Waals surface area (Å²) in [6.07, 6.45) is 3.63. The lowest BCUT2D eigenvalue weighted by atomic mass is 10.1. The van der Waals surface area contributed by atoms with Crippen LogP contribution in [0.25, 0.3) is 6.08 Å². The fourth-order valence-corrected chi connectivity index (χ4v) is 1.70. The van der Waals surface area contributed by atoms with Crippen LogP contribution in [0.3, 0.4) is 0 Å². The van der Waals surface area contributed by atoms with Crippen molar-refractivity contribution < 1.29 is 4.79 Å². The van der Waals surface area contributed by atoms with Crippen molar-refractivity contribution in [2.75, 3.05) is 0 Å². The molecule has 2 aromatic carbocycles. The Morgan fingerprint density at radius 3 is 2.25 bits per heavy atom. The number of rotatable bonds is 4. The average Bonchev–Trinajstić information content (AvgIpc) is 2.49. The number of hydrogen-bond donors (Lipinski definition) is 1. The molecule has 0 aliphatic heterocycles. The summed E-state index contributed by atoms with van der Waals surface area (Å²) < 4.78 is 0. The predicted molar refractivity (Wildman–Crippen MR) is 82.5 cm³/mol. The van der Waals surface area contributed by atoms with Gasteiger partial charge in [-0.15, -0.1) is 0 Å². The van der Waals surface area contributed by atoms with E-state index in [0.29, 0.717) is 5.56 Å². The summed E-state index contributed by atoms with van der Waals surface area (Å²) in [6.45, 7) is 1.94. The first-order valence-corrected chi connectivity index (χ1v) is 6.37. The highest BCUT2D eigenvalue weighted by atomic mass is 16.2. The van der Waals surface area contributed by atoms with E-state index in [2.05, 4.69) is 10.5 Å². The lowest BCUT2D eigenvalue weighted by molar-refractivity contribution is 0.0955. The number of carbonyl (C=O) groups is 1. The van der Waals surface area contributed by atoms with Gasteiger partial charge in [0.2, 0.25) is 0 Å². The molecule has 0 unspecified atom stereocenters. The van der Waals surface area contributed by atoms with Crippen molar-refractivity contribution in [1.82, 2.24) is 5.43 Å². The summed E-state index contributed by atoms with van der Waals surface area (Å²) in [5, 5.41) is 3.95. The van der Waals surface area contributed by atoms with Gasteiger partial charge in [0.05, 0.1) is 6.21 Å². The van der Waals surface area contributed by atoms with E-state index in [9.17, 15) is 4.79 Å². The van der Waals surface area contributed by atoms with Gasteiger partial charge in [0.25, 0.3) is 5.91 Å². The Kier molecular flexibility index (Phi) is 4.84. The van der Waals surface area contributed by atoms with E-state index in [1.165, 1.54) is 0 Å². The van der Waals surface area contributed by atoms with Crippen molar-refractivity contribution in [1.29, 1.82) is 0 Å². The van der Waals surface area contributed by atoms with Gasteiger partial charge in [-0.05, 0) is 30.2 Å². The molecule has 3 nitrogen and oxygen atoms in total. The highest BCUT2D eigenvalue weighted by Crippen LogP contribution is 2.04. The molecule has 0 aromatic heterocycles. The summed E-state index contributed by atoms with van der Waals surface area (Å²) in [5.41, 5.74) is 5.16. The second-order valence-corrected chi connectivity index (χ2v) is 4.36. The summed E-state index contributed by atoms with van der Waals surface area (Å²) in [4.78, 5) is 11.7. The number of nitrogens with zero attached hydrogens (tertiary/aromatic N) is 1. The molecule has 1 amide bonds. The molecule has 2 rings (SSSR count). The van der Waals surface area contributed by atoms with Crippen molar-refractivity contribution in [2.45, 2.75) is 6.92 Å². The maximum absolute atomic E-state index is 11.7. The minimum atomic E-state index is -0.214. The number of hydrogen-bond acceptors (Lipinski definition) is 2. The Morgan fingerprint density at radius 2 is 1.60 bits per heavy atom. The summed E-state index contributed by atoms with van der Waals surface area (Å²) in [6, 6.07) is 19.0. The van der Waals surface area contributed by atoms with Gasteiger partial charge in [-0.3, -0.25) is 4.79 Å². The van der Waals surface area contributed by atoms with Gasteiger partial charge >= 0.3 is 0 Å². The van der Waals surface area contributed by atoms with E-state index in [-0.39, 0.29) is 5.91 Å². The van der Waals surface area contributed by atoms with Crippen LogP contribution in [-0.4, -0.2) is 12.1 Å². The van der Waals surface area contributed by atoms with Crippen molar-refractivity contribution in [2.24, 2.45) is 5.10 Å². The quantitative estimate of drug-likeness (QED) is 0.666. The van der Waals surface area contributed by atoms with E-state index >= 15 is 0 Å². The Balaban J connectivity index is 1.94. The first-order chi connectivity index (χ1) is 9.75. The van der Waals surface area contributed by atoms with Gasteiger partial charge in [-0.2, -0.15) is 5.10 Å². The molecule has 0 fully saturated rings. The topological polar surface area (TPSA) is 41.5 Å². The molecule has 0 saturated carbocycles. The molecule has 2 aromatic rings. The zero-order valence-electron chi connectivity index (χ0n) is 11.3. The fraction of sp³-hybridized carbons (Fsp3) is 0.0588. The van der Waals surface area contributed by atoms with Crippen molar-refractivity contribution >= 4 is 18.2 Å². The molecule has 0 saturated heterocycles. The Hall–Kier alpha value is -2.68. The Bertz CT molecular complexity index is 616. The standard InChI is InChI=1S/C17H16N2O/c1-14(12-15-8-4-2-5-9-15)13-18-19-17(20)16-10-6-3-7-11-16/h2-13H,1H3,(H,19,20)/b14-12-,18-13+. The van der Waals surface area contributed by atoms with Crippen LogP contribution in [0.1, 0.15) is 22.8 Å². The van der Waals surface area contributed by atoms with Crippen LogP contribution in [0.15, 0.2) is 71.3 Å². The molecular formula is C17H16N2O. The van der Waals surface area contributed by atoms with E-state index < -0.39 is 0 Å². The average molecular weight is 264 g/mol. The molecule has 0 aliphatic carbocycles. The summed E-state index contributed by atoms with van der Waals surface area (Å²) in [7, 11) is 0. The summed E-state index contributed by atoms with van der Waals surface area (Å²) in [5.74, 6) is -0.214. The normalized spacial score (nSPS) is 11.6. The first kappa shape index (κ1) is 13.7. The van der Waals surface area contributed by atoms with Crippen molar-refractivity contribution in [3.8, 4) is 0 Å². The van der Waals surface area contributed by atoms with E-state index in [1.807, 2.05) is 61.5 Å². The van der Waals surface area contributed by atoms with Gasteiger partial charge < -0.3 is 0 Å². The number of amides is 1. The van der Waals surface area contributed by atoms with Gasteiger partial charge in [0.15, 0.2) is 0 Å². The lowest BCUT2D eigenvalue weighted by Gasteiger charge is -1.99. The van der Waals surface area contributed by atoms with Gasteiger partial charge in [-0.25, -0.2) is 5.43 Å². The monoisotopic (exact) mass is 264 g/mol. The van der Waals surface area contributed by atoms with Crippen LogP contribution in [-0.2, 0) is 0 Å². The lowest BCUT2D eigenvalue weighted by Crippen LogP contribution is -2.17. The zero-order chi connectivity index (χ0) is 14.2.